The molecule has 0 aliphatic carbocycles. The summed E-state index contributed by atoms with van der Waals surface area (Å²) < 4.78 is 12.6. The Hall–Kier alpha value is -3.04. The normalized spacial score (nSPS) is 14.5. The standard InChI is InChI=1S/C21H28N4O5/c1-23-6-4-5-17(23)20(27)22-16-13-15(14-18(29-2)19(16)30-3)21(28)25-9-7-24(8-10-25)11-12-26/h4-6,13-14,26H,7-12H2,1-3H3,(H,22,27). The number of piperazine rings is 1. The average molecular weight is 416 g/mol. The topological polar surface area (TPSA) is 96.3 Å². The van der Waals surface area contributed by atoms with Crippen LogP contribution in [0.4, 0.5) is 5.69 Å². The van der Waals surface area contributed by atoms with Crippen molar-refractivity contribution in [2.75, 3.05) is 58.9 Å². The third-order valence-electron chi connectivity index (χ3n) is 5.23. The highest BCUT2D eigenvalue weighted by molar-refractivity contribution is 6.05. The number of benzene rings is 1. The molecule has 2 aromatic rings. The lowest BCUT2D eigenvalue weighted by Gasteiger charge is -2.34. The number of hydrogen-bond donors (Lipinski definition) is 2. The molecule has 1 aromatic carbocycles. The van der Waals surface area contributed by atoms with Crippen LogP contribution in [0.15, 0.2) is 30.5 Å². The first-order valence-corrected chi connectivity index (χ1v) is 9.79. The summed E-state index contributed by atoms with van der Waals surface area (Å²) in [7, 11) is 4.75. The zero-order chi connectivity index (χ0) is 21.7. The first-order chi connectivity index (χ1) is 14.5. The number of aryl methyl sites for hydroxylation is 1. The van der Waals surface area contributed by atoms with Crippen LogP contribution in [0.25, 0.3) is 0 Å². The molecule has 9 heteroatoms. The van der Waals surface area contributed by atoms with E-state index in [1.54, 1.807) is 47.0 Å². The molecule has 0 spiro atoms. The highest BCUT2D eigenvalue weighted by Crippen LogP contribution is 2.37. The van der Waals surface area contributed by atoms with Crippen molar-refractivity contribution in [1.82, 2.24) is 14.4 Å². The van der Waals surface area contributed by atoms with Gasteiger partial charge in [-0.2, -0.15) is 0 Å². The fourth-order valence-corrected chi connectivity index (χ4v) is 3.56. The van der Waals surface area contributed by atoms with Crippen molar-refractivity contribution in [2.45, 2.75) is 0 Å². The lowest BCUT2D eigenvalue weighted by atomic mass is 10.1. The number of rotatable bonds is 7. The molecule has 3 rings (SSSR count). The molecule has 2 N–H and O–H groups in total. The number of aromatic nitrogens is 1. The smallest absolute Gasteiger partial charge is 0.272 e. The summed E-state index contributed by atoms with van der Waals surface area (Å²) in [6.45, 7) is 3.26. The number of β-amino-alcohol motifs (C(OH)–C–C–N with tert-alkyl or cyclic N) is 1. The molecule has 2 heterocycles. The highest BCUT2D eigenvalue weighted by Gasteiger charge is 2.25. The second-order valence-corrected chi connectivity index (χ2v) is 7.08. The maximum Gasteiger partial charge on any atom is 0.272 e. The molecule has 0 radical (unpaired) electrons. The number of methoxy groups -OCH3 is 2. The zero-order valence-electron chi connectivity index (χ0n) is 17.6. The number of aliphatic hydroxyl groups excluding tert-OH is 1. The minimum absolute atomic E-state index is 0.105. The van der Waals surface area contributed by atoms with Gasteiger partial charge in [0.1, 0.15) is 5.69 Å². The minimum Gasteiger partial charge on any atom is -0.493 e. The molecule has 30 heavy (non-hydrogen) atoms. The molecule has 2 amide bonds. The third-order valence-corrected chi connectivity index (χ3v) is 5.23. The summed E-state index contributed by atoms with van der Waals surface area (Å²) in [6.07, 6.45) is 1.78. The van der Waals surface area contributed by atoms with Gasteiger partial charge in [0.05, 0.1) is 26.5 Å². The summed E-state index contributed by atoms with van der Waals surface area (Å²) in [5, 5.41) is 11.9. The molecule has 0 atom stereocenters. The zero-order valence-corrected chi connectivity index (χ0v) is 17.6. The second kappa shape index (κ2) is 9.64. The predicted molar refractivity (Wildman–Crippen MR) is 112 cm³/mol. The first-order valence-electron chi connectivity index (χ1n) is 9.79. The molecule has 1 saturated heterocycles. The fraction of sp³-hybridized carbons (Fsp3) is 0.429. The summed E-state index contributed by atoms with van der Waals surface area (Å²) in [5.41, 5.74) is 1.25. The molecule has 1 aliphatic heterocycles. The first kappa shape index (κ1) is 21.7. The maximum absolute atomic E-state index is 13.1. The van der Waals surface area contributed by atoms with E-state index in [1.807, 2.05) is 0 Å². The molecule has 1 aromatic heterocycles. The van der Waals surface area contributed by atoms with Crippen LogP contribution in [0.1, 0.15) is 20.8 Å². The molecular weight excluding hydrogens is 388 g/mol. The van der Waals surface area contributed by atoms with Crippen LogP contribution in [0.5, 0.6) is 11.5 Å². The van der Waals surface area contributed by atoms with Gasteiger partial charge in [-0.15, -0.1) is 0 Å². The van der Waals surface area contributed by atoms with E-state index >= 15 is 0 Å². The number of carbonyl (C=O) groups excluding carboxylic acids is 2. The summed E-state index contributed by atoms with van der Waals surface area (Å²) in [5.74, 6) is 0.257. The van der Waals surface area contributed by atoms with E-state index < -0.39 is 0 Å². The van der Waals surface area contributed by atoms with Crippen molar-refractivity contribution < 1.29 is 24.2 Å². The Morgan fingerprint density at radius 1 is 1.13 bits per heavy atom. The minimum atomic E-state index is -0.315. The van der Waals surface area contributed by atoms with Gasteiger partial charge in [0, 0.05) is 51.5 Å². The van der Waals surface area contributed by atoms with E-state index in [1.165, 1.54) is 14.2 Å². The van der Waals surface area contributed by atoms with Crippen LogP contribution in [-0.4, -0.2) is 84.8 Å². The second-order valence-electron chi connectivity index (χ2n) is 7.08. The number of anilines is 1. The van der Waals surface area contributed by atoms with Crippen LogP contribution >= 0.6 is 0 Å². The predicted octanol–water partition coefficient (Wildman–Crippen LogP) is 1.04. The quantitative estimate of drug-likeness (QED) is 0.700. The third kappa shape index (κ3) is 4.58. The van der Waals surface area contributed by atoms with Gasteiger partial charge in [-0.1, -0.05) is 0 Å². The van der Waals surface area contributed by atoms with Crippen molar-refractivity contribution in [3.05, 3.63) is 41.7 Å². The summed E-state index contributed by atoms with van der Waals surface area (Å²) >= 11 is 0. The van der Waals surface area contributed by atoms with E-state index in [-0.39, 0.29) is 18.4 Å². The van der Waals surface area contributed by atoms with Crippen LogP contribution < -0.4 is 14.8 Å². The fourth-order valence-electron chi connectivity index (χ4n) is 3.56. The molecule has 162 valence electrons. The van der Waals surface area contributed by atoms with Gasteiger partial charge in [0.2, 0.25) is 0 Å². The van der Waals surface area contributed by atoms with Gasteiger partial charge < -0.3 is 29.4 Å². The van der Waals surface area contributed by atoms with Crippen molar-refractivity contribution in [3.8, 4) is 11.5 Å². The highest BCUT2D eigenvalue weighted by atomic mass is 16.5. The van der Waals surface area contributed by atoms with Crippen molar-refractivity contribution in [2.24, 2.45) is 7.05 Å². The number of aliphatic hydroxyl groups is 1. The Bertz CT molecular complexity index is 903. The number of ether oxygens (including phenoxy) is 2. The number of nitrogens with one attached hydrogen (secondary N) is 1. The van der Waals surface area contributed by atoms with Crippen LogP contribution in [0.2, 0.25) is 0 Å². The lowest BCUT2D eigenvalue weighted by Crippen LogP contribution is -2.49. The Morgan fingerprint density at radius 3 is 2.43 bits per heavy atom. The Kier molecular flexibility index (Phi) is 6.96. The Labute approximate surface area is 175 Å². The molecule has 1 aliphatic rings. The van der Waals surface area contributed by atoms with E-state index in [9.17, 15) is 9.59 Å². The van der Waals surface area contributed by atoms with Crippen molar-refractivity contribution >= 4 is 17.5 Å². The molecule has 1 fully saturated rings. The van der Waals surface area contributed by atoms with Gasteiger partial charge in [-0.05, 0) is 24.3 Å². The van der Waals surface area contributed by atoms with Crippen LogP contribution in [0.3, 0.4) is 0 Å². The number of carbonyl (C=O) groups is 2. The maximum atomic E-state index is 13.1. The summed E-state index contributed by atoms with van der Waals surface area (Å²) in [4.78, 5) is 29.7. The summed E-state index contributed by atoms with van der Waals surface area (Å²) in [6, 6.07) is 6.73. The number of nitrogens with zero attached hydrogens (tertiary/aromatic N) is 3. The largest absolute Gasteiger partial charge is 0.493 e. The molecular formula is C21H28N4O5. The van der Waals surface area contributed by atoms with Gasteiger partial charge in [0.25, 0.3) is 11.8 Å². The van der Waals surface area contributed by atoms with Crippen molar-refractivity contribution in [3.63, 3.8) is 0 Å². The van der Waals surface area contributed by atoms with E-state index in [0.29, 0.717) is 61.2 Å². The Morgan fingerprint density at radius 2 is 1.87 bits per heavy atom. The van der Waals surface area contributed by atoms with Crippen LogP contribution in [0, 0.1) is 0 Å². The van der Waals surface area contributed by atoms with E-state index in [4.69, 9.17) is 14.6 Å². The van der Waals surface area contributed by atoms with Crippen molar-refractivity contribution in [1.29, 1.82) is 0 Å². The van der Waals surface area contributed by atoms with Crippen LogP contribution in [-0.2, 0) is 7.05 Å². The Balaban J connectivity index is 1.85. The number of hydrogen-bond acceptors (Lipinski definition) is 6. The molecule has 0 unspecified atom stereocenters. The average Bonchev–Trinajstić information content (AvgIpc) is 3.19. The molecule has 0 saturated carbocycles. The lowest BCUT2D eigenvalue weighted by molar-refractivity contribution is 0.0614. The molecule has 0 bridgehead atoms. The van der Waals surface area contributed by atoms with Gasteiger partial charge in [-0.3, -0.25) is 14.5 Å². The number of amides is 2. The van der Waals surface area contributed by atoms with Gasteiger partial charge >= 0.3 is 0 Å². The monoisotopic (exact) mass is 416 g/mol. The van der Waals surface area contributed by atoms with Gasteiger partial charge in [-0.25, -0.2) is 0 Å². The van der Waals surface area contributed by atoms with E-state index in [2.05, 4.69) is 10.2 Å². The van der Waals surface area contributed by atoms with Gasteiger partial charge in [0.15, 0.2) is 11.5 Å². The molecule has 9 nitrogen and oxygen atoms in total. The SMILES string of the molecule is COc1cc(C(=O)N2CCN(CCO)CC2)cc(NC(=O)c2cccn2C)c1OC. The van der Waals surface area contributed by atoms with E-state index in [0.717, 1.165) is 0 Å².